The Balaban J connectivity index is 2.46. The second-order valence-corrected chi connectivity index (χ2v) is 5.93. The van der Waals surface area contributed by atoms with Crippen LogP contribution < -0.4 is 0 Å². The van der Waals surface area contributed by atoms with Crippen molar-refractivity contribution in [2.45, 2.75) is 44.9 Å². The molecule has 0 spiro atoms. The van der Waals surface area contributed by atoms with Crippen LogP contribution in [0.5, 0.6) is 0 Å². The third-order valence-corrected chi connectivity index (χ3v) is 3.91. The molecule has 0 saturated heterocycles. The lowest BCUT2D eigenvalue weighted by molar-refractivity contribution is -0.142. The van der Waals surface area contributed by atoms with Gasteiger partial charge in [-0.05, 0) is 42.7 Å². The van der Waals surface area contributed by atoms with Crippen molar-refractivity contribution in [2.75, 3.05) is 0 Å². The molecular formula is C15H19F3O. The van der Waals surface area contributed by atoms with Gasteiger partial charge in [0, 0.05) is 0 Å². The van der Waals surface area contributed by atoms with E-state index >= 15 is 0 Å². The Labute approximate surface area is 111 Å². The van der Waals surface area contributed by atoms with Crippen LogP contribution in [-0.2, 0) is 11.8 Å². The molecule has 1 aromatic carbocycles. The number of benzene rings is 1. The molecule has 1 aromatic rings. The van der Waals surface area contributed by atoms with Crippen molar-refractivity contribution in [3.63, 3.8) is 0 Å². The van der Waals surface area contributed by atoms with Gasteiger partial charge in [-0.1, -0.05) is 32.0 Å². The van der Waals surface area contributed by atoms with Gasteiger partial charge in [-0.15, -0.1) is 0 Å². The summed E-state index contributed by atoms with van der Waals surface area (Å²) in [4.78, 5) is 0. The van der Waals surface area contributed by atoms with Crippen molar-refractivity contribution >= 4 is 0 Å². The Morgan fingerprint density at radius 2 is 1.63 bits per heavy atom. The number of hydrogen-bond donors (Lipinski definition) is 1. The van der Waals surface area contributed by atoms with Gasteiger partial charge in [0.1, 0.15) is 0 Å². The molecule has 1 N–H and O–H groups in total. The van der Waals surface area contributed by atoms with Gasteiger partial charge in [-0.2, -0.15) is 13.2 Å². The minimum Gasteiger partial charge on any atom is -0.385 e. The van der Waals surface area contributed by atoms with Crippen LogP contribution in [0.4, 0.5) is 13.2 Å². The smallest absolute Gasteiger partial charge is 0.385 e. The average molecular weight is 272 g/mol. The molecule has 0 bridgehead atoms. The standard InChI is InChI=1S/C15H19F3O/c1-10-7-11(2)9-14(19,8-10)12-5-3-4-6-13(12)15(16,17)18/h3-6,10-11,19H,7-9H2,1-2H3. The Morgan fingerprint density at radius 3 is 2.16 bits per heavy atom. The number of alkyl halides is 3. The molecule has 4 heteroatoms. The first-order chi connectivity index (χ1) is 8.72. The quantitative estimate of drug-likeness (QED) is 0.806. The van der Waals surface area contributed by atoms with Crippen molar-refractivity contribution in [1.29, 1.82) is 0 Å². The van der Waals surface area contributed by atoms with E-state index in [4.69, 9.17) is 0 Å². The Kier molecular flexibility index (Phi) is 3.65. The van der Waals surface area contributed by atoms with Crippen molar-refractivity contribution in [3.8, 4) is 0 Å². The normalized spacial score (nSPS) is 32.3. The Bertz CT molecular complexity index is 443. The maximum atomic E-state index is 13.1. The molecule has 19 heavy (non-hydrogen) atoms. The van der Waals surface area contributed by atoms with E-state index in [1.165, 1.54) is 12.1 Å². The zero-order valence-electron chi connectivity index (χ0n) is 11.2. The summed E-state index contributed by atoms with van der Waals surface area (Å²) in [6.07, 6.45) is -2.68. The SMILES string of the molecule is CC1CC(C)CC(O)(c2ccccc2C(F)(F)F)C1. The second kappa shape index (κ2) is 4.82. The molecule has 0 aromatic heterocycles. The van der Waals surface area contributed by atoms with Gasteiger partial charge in [0.2, 0.25) is 0 Å². The van der Waals surface area contributed by atoms with Gasteiger partial charge in [-0.25, -0.2) is 0 Å². The molecule has 0 aliphatic heterocycles. The molecule has 1 aliphatic rings. The average Bonchev–Trinajstić information content (AvgIpc) is 2.26. The second-order valence-electron chi connectivity index (χ2n) is 5.93. The predicted molar refractivity (Wildman–Crippen MR) is 67.5 cm³/mol. The van der Waals surface area contributed by atoms with Crippen molar-refractivity contribution in [3.05, 3.63) is 35.4 Å². The third kappa shape index (κ3) is 2.94. The van der Waals surface area contributed by atoms with Gasteiger partial charge in [-0.3, -0.25) is 0 Å². The lowest BCUT2D eigenvalue weighted by Gasteiger charge is -2.40. The van der Waals surface area contributed by atoms with Crippen LogP contribution in [0.2, 0.25) is 0 Å². The molecule has 0 radical (unpaired) electrons. The van der Waals surface area contributed by atoms with E-state index in [1.54, 1.807) is 6.07 Å². The summed E-state index contributed by atoms with van der Waals surface area (Å²) in [5.41, 5.74) is -2.04. The lowest BCUT2D eigenvalue weighted by Crippen LogP contribution is -2.37. The maximum Gasteiger partial charge on any atom is 0.416 e. The molecule has 1 aliphatic carbocycles. The highest BCUT2D eigenvalue weighted by Gasteiger charge is 2.43. The number of aliphatic hydroxyl groups is 1. The van der Waals surface area contributed by atoms with E-state index in [0.717, 1.165) is 12.5 Å². The molecule has 2 atom stereocenters. The number of rotatable bonds is 1. The van der Waals surface area contributed by atoms with Crippen molar-refractivity contribution < 1.29 is 18.3 Å². The van der Waals surface area contributed by atoms with E-state index in [2.05, 4.69) is 0 Å². The number of halogens is 3. The maximum absolute atomic E-state index is 13.1. The zero-order chi connectivity index (χ0) is 14.3. The predicted octanol–water partition coefficient (Wildman–Crippen LogP) is 4.35. The highest BCUT2D eigenvalue weighted by molar-refractivity contribution is 5.35. The fourth-order valence-corrected chi connectivity index (χ4v) is 3.45. The molecule has 2 unspecified atom stereocenters. The summed E-state index contributed by atoms with van der Waals surface area (Å²) in [7, 11) is 0. The van der Waals surface area contributed by atoms with Crippen molar-refractivity contribution in [1.82, 2.24) is 0 Å². The molecule has 1 saturated carbocycles. The summed E-state index contributed by atoms with van der Waals surface area (Å²) >= 11 is 0. The fraction of sp³-hybridized carbons (Fsp3) is 0.600. The molecule has 106 valence electrons. The highest BCUT2D eigenvalue weighted by atomic mass is 19.4. The largest absolute Gasteiger partial charge is 0.416 e. The fourth-order valence-electron chi connectivity index (χ4n) is 3.45. The minimum atomic E-state index is -4.42. The molecule has 2 rings (SSSR count). The van der Waals surface area contributed by atoms with Crippen LogP contribution in [-0.4, -0.2) is 5.11 Å². The molecule has 0 heterocycles. The molecule has 0 amide bonds. The van der Waals surface area contributed by atoms with Crippen LogP contribution in [0.25, 0.3) is 0 Å². The number of hydrogen-bond acceptors (Lipinski definition) is 1. The third-order valence-electron chi connectivity index (χ3n) is 3.91. The van der Waals surface area contributed by atoms with Crippen LogP contribution in [0.3, 0.4) is 0 Å². The summed E-state index contributed by atoms with van der Waals surface area (Å²) < 4.78 is 39.2. The first-order valence-electron chi connectivity index (χ1n) is 6.61. The molecule has 1 nitrogen and oxygen atoms in total. The topological polar surface area (TPSA) is 20.2 Å². The monoisotopic (exact) mass is 272 g/mol. The molecule has 1 fully saturated rings. The summed E-state index contributed by atoms with van der Waals surface area (Å²) in [5.74, 6) is 0.463. The Hall–Kier alpha value is -1.03. The van der Waals surface area contributed by atoms with Gasteiger partial charge in [0.25, 0.3) is 0 Å². The van der Waals surface area contributed by atoms with Gasteiger partial charge >= 0.3 is 6.18 Å². The van der Waals surface area contributed by atoms with E-state index in [9.17, 15) is 18.3 Å². The minimum absolute atomic E-state index is 0.0286. The van der Waals surface area contributed by atoms with E-state index < -0.39 is 17.3 Å². The summed E-state index contributed by atoms with van der Waals surface area (Å²) in [6, 6.07) is 5.39. The Morgan fingerprint density at radius 1 is 1.11 bits per heavy atom. The summed E-state index contributed by atoms with van der Waals surface area (Å²) in [6.45, 7) is 3.97. The van der Waals surface area contributed by atoms with Crippen LogP contribution in [0, 0.1) is 11.8 Å². The van der Waals surface area contributed by atoms with E-state index in [-0.39, 0.29) is 17.4 Å². The van der Waals surface area contributed by atoms with E-state index in [1.807, 2.05) is 13.8 Å². The van der Waals surface area contributed by atoms with Crippen LogP contribution in [0.1, 0.15) is 44.2 Å². The highest BCUT2D eigenvalue weighted by Crippen LogP contribution is 2.46. The van der Waals surface area contributed by atoms with Crippen LogP contribution in [0.15, 0.2) is 24.3 Å². The van der Waals surface area contributed by atoms with E-state index in [0.29, 0.717) is 12.8 Å². The van der Waals surface area contributed by atoms with Gasteiger partial charge in [0.15, 0.2) is 0 Å². The first-order valence-corrected chi connectivity index (χ1v) is 6.61. The zero-order valence-corrected chi connectivity index (χ0v) is 11.2. The molecular weight excluding hydrogens is 253 g/mol. The first kappa shape index (κ1) is 14.4. The lowest BCUT2D eigenvalue weighted by atomic mass is 9.70. The van der Waals surface area contributed by atoms with Gasteiger partial charge < -0.3 is 5.11 Å². The van der Waals surface area contributed by atoms with Gasteiger partial charge in [0.05, 0.1) is 11.2 Å². The van der Waals surface area contributed by atoms with Crippen LogP contribution >= 0.6 is 0 Å². The van der Waals surface area contributed by atoms with Crippen molar-refractivity contribution in [2.24, 2.45) is 11.8 Å². The summed E-state index contributed by atoms with van der Waals surface area (Å²) in [5, 5.41) is 10.7.